The summed E-state index contributed by atoms with van der Waals surface area (Å²) in [4.78, 5) is 22.7. The smallest absolute Gasteiger partial charge is 0.328 e. The van der Waals surface area contributed by atoms with Gasteiger partial charge in [-0.25, -0.2) is 13.2 Å². The monoisotopic (exact) mass is 433 g/mol. The highest BCUT2D eigenvalue weighted by Crippen LogP contribution is 2.33. The lowest BCUT2D eigenvalue weighted by molar-refractivity contribution is -0.138. The van der Waals surface area contributed by atoms with Crippen LogP contribution in [-0.2, 0) is 19.4 Å². The molecule has 1 aliphatic rings. The molecule has 3 rings (SSSR count). The third-order valence-electron chi connectivity index (χ3n) is 4.58. The fourth-order valence-electron chi connectivity index (χ4n) is 2.71. The molecule has 1 unspecified atom stereocenters. The number of hydrogen-bond acceptors (Lipinski definition) is 7. The van der Waals surface area contributed by atoms with Crippen molar-refractivity contribution in [1.29, 1.82) is 0 Å². The van der Waals surface area contributed by atoms with Crippen molar-refractivity contribution >= 4 is 21.8 Å². The molecule has 1 atom stereocenters. The van der Waals surface area contributed by atoms with Crippen molar-refractivity contribution in [3.8, 4) is 17.2 Å². The van der Waals surface area contributed by atoms with E-state index in [2.05, 4.69) is 0 Å². The third kappa shape index (κ3) is 6.30. The van der Waals surface area contributed by atoms with E-state index in [1.165, 1.54) is 24.3 Å². The van der Waals surface area contributed by atoms with Crippen LogP contribution in [0, 0.1) is 5.92 Å². The molecule has 1 saturated carbocycles. The molecule has 0 radical (unpaired) electrons. The molecule has 0 aromatic heterocycles. The molecule has 0 aliphatic heterocycles. The Kier molecular flexibility index (Phi) is 6.73. The Labute approximate surface area is 174 Å². The summed E-state index contributed by atoms with van der Waals surface area (Å²) in [6.45, 7) is 0. The molecule has 0 saturated heterocycles. The molecule has 2 aromatic rings. The SMILES string of the molecule is NC(CCC(=O)O)C(=O)Oc1ccc(Oc2ccc(S(=O)(=O)CC3CC3)cc2)cc1. The fraction of sp³-hybridized carbons (Fsp3) is 0.333. The molecule has 30 heavy (non-hydrogen) atoms. The number of carbonyl (C=O) groups is 2. The number of nitrogens with two attached hydrogens (primary N) is 1. The summed E-state index contributed by atoms with van der Waals surface area (Å²) in [6.07, 6.45) is 1.71. The number of carboxylic acids is 1. The molecule has 1 fully saturated rings. The topological polar surface area (TPSA) is 133 Å². The molecule has 2 aromatic carbocycles. The highest BCUT2D eigenvalue weighted by molar-refractivity contribution is 7.91. The number of esters is 1. The molecule has 3 N–H and O–H groups in total. The van der Waals surface area contributed by atoms with Gasteiger partial charge in [0.1, 0.15) is 23.3 Å². The summed E-state index contributed by atoms with van der Waals surface area (Å²) < 4.78 is 35.4. The zero-order valence-electron chi connectivity index (χ0n) is 16.2. The van der Waals surface area contributed by atoms with Crippen LogP contribution in [-0.4, -0.2) is 37.3 Å². The van der Waals surface area contributed by atoms with Gasteiger partial charge in [-0.05, 0) is 73.7 Å². The molecule has 0 bridgehead atoms. The van der Waals surface area contributed by atoms with Crippen molar-refractivity contribution in [3.63, 3.8) is 0 Å². The molecular weight excluding hydrogens is 410 g/mol. The summed E-state index contributed by atoms with van der Waals surface area (Å²) in [5.41, 5.74) is 5.61. The minimum Gasteiger partial charge on any atom is -0.481 e. The maximum Gasteiger partial charge on any atom is 0.328 e. The molecule has 8 nitrogen and oxygen atoms in total. The quantitative estimate of drug-likeness (QED) is 0.432. The van der Waals surface area contributed by atoms with Gasteiger partial charge in [0.2, 0.25) is 0 Å². The van der Waals surface area contributed by atoms with Crippen molar-refractivity contribution in [2.75, 3.05) is 5.75 Å². The first-order valence-corrected chi connectivity index (χ1v) is 11.2. The van der Waals surface area contributed by atoms with Crippen molar-refractivity contribution in [1.82, 2.24) is 0 Å². The largest absolute Gasteiger partial charge is 0.481 e. The third-order valence-corrected chi connectivity index (χ3v) is 6.49. The number of hydrogen-bond donors (Lipinski definition) is 2. The van der Waals surface area contributed by atoms with Crippen LogP contribution >= 0.6 is 0 Å². The van der Waals surface area contributed by atoms with Gasteiger partial charge in [0.25, 0.3) is 0 Å². The molecule has 1 aliphatic carbocycles. The number of carboxylic acid groups (broad SMARTS) is 1. The van der Waals surface area contributed by atoms with Gasteiger partial charge in [-0.2, -0.15) is 0 Å². The zero-order valence-corrected chi connectivity index (χ0v) is 17.0. The Bertz CT molecular complexity index is 997. The lowest BCUT2D eigenvalue weighted by Crippen LogP contribution is -2.34. The Morgan fingerprint density at radius 2 is 1.53 bits per heavy atom. The fourth-order valence-corrected chi connectivity index (χ4v) is 4.40. The van der Waals surface area contributed by atoms with Crippen molar-refractivity contribution in [2.45, 2.75) is 36.6 Å². The molecular formula is C21H23NO7S. The second-order valence-corrected chi connectivity index (χ2v) is 9.26. The Hall–Kier alpha value is -2.91. The summed E-state index contributed by atoms with van der Waals surface area (Å²) in [7, 11) is -3.27. The van der Waals surface area contributed by atoms with Gasteiger partial charge >= 0.3 is 11.9 Å². The van der Waals surface area contributed by atoms with Crippen LogP contribution in [0.1, 0.15) is 25.7 Å². The molecule has 0 heterocycles. The highest BCUT2D eigenvalue weighted by atomic mass is 32.2. The van der Waals surface area contributed by atoms with Crippen LogP contribution < -0.4 is 15.2 Å². The lowest BCUT2D eigenvalue weighted by atomic mass is 10.2. The van der Waals surface area contributed by atoms with Gasteiger partial charge in [-0.15, -0.1) is 0 Å². The van der Waals surface area contributed by atoms with Crippen molar-refractivity contribution in [3.05, 3.63) is 48.5 Å². The number of benzene rings is 2. The Morgan fingerprint density at radius 3 is 2.07 bits per heavy atom. The van der Waals surface area contributed by atoms with Gasteiger partial charge in [0.15, 0.2) is 9.84 Å². The van der Waals surface area contributed by atoms with E-state index in [0.29, 0.717) is 11.5 Å². The first-order valence-electron chi connectivity index (χ1n) is 9.53. The Morgan fingerprint density at radius 1 is 1.00 bits per heavy atom. The average molecular weight is 433 g/mol. The molecule has 0 amide bonds. The normalized spacial score (nSPS) is 14.7. The van der Waals surface area contributed by atoms with Gasteiger partial charge in [0.05, 0.1) is 10.6 Å². The van der Waals surface area contributed by atoms with Crippen molar-refractivity contribution in [2.24, 2.45) is 11.7 Å². The predicted octanol–water partition coefficient (Wildman–Crippen LogP) is 2.76. The lowest BCUT2D eigenvalue weighted by Gasteiger charge is -2.11. The van der Waals surface area contributed by atoms with Gasteiger partial charge < -0.3 is 20.3 Å². The summed E-state index contributed by atoms with van der Waals surface area (Å²) in [5.74, 6) is -0.0848. The van der Waals surface area contributed by atoms with E-state index >= 15 is 0 Å². The Balaban J connectivity index is 1.55. The number of carbonyl (C=O) groups excluding carboxylic acids is 1. The standard InChI is InChI=1S/C21H23NO7S/c22-19(11-12-20(23)24)21(25)29-17-5-3-15(4-6-17)28-16-7-9-18(10-8-16)30(26,27)13-14-1-2-14/h3-10,14,19H,1-2,11-13,22H2,(H,23,24). The van der Waals surface area contributed by atoms with E-state index < -0.39 is 27.8 Å². The average Bonchev–Trinajstić information content (AvgIpc) is 3.51. The van der Waals surface area contributed by atoms with Crippen LogP contribution in [0.5, 0.6) is 17.2 Å². The van der Waals surface area contributed by atoms with Crippen LogP contribution in [0.2, 0.25) is 0 Å². The predicted molar refractivity (Wildman–Crippen MR) is 108 cm³/mol. The van der Waals surface area contributed by atoms with Gasteiger partial charge in [-0.3, -0.25) is 4.79 Å². The maximum atomic E-state index is 12.3. The number of rotatable bonds is 10. The number of sulfone groups is 1. The van der Waals surface area contributed by atoms with E-state index in [4.69, 9.17) is 20.3 Å². The second-order valence-electron chi connectivity index (χ2n) is 7.23. The summed E-state index contributed by atoms with van der Waals surface area (Å²) in [6, 6.07) is 11.4. The van der Waals surface area contributed by atoms with Crippen LogP contribution in [0.25, 0.3) is 0 Å². The van der Waals surface area contributed by atoms with Crippen molar-refractivity contribution < 1.29 is 32.6 Å². The number of aliphatic carboxylic acids is 1. The minimum absolute atomic E-state index is 0.0122. The first-order chi connectivity index (χ1) is 14.2. The van der Waals surface area contributed by atoms with Crippen LogP contribution in [0.4, 0.5) is 0 Å². The highest BCUT2D eigenvalue weighted by Gasteiger charge is 2.29. The van der Waals surface area contributed by atoms with Gasteiger partial charge in [0, 0.05) is 6.42 Å². The van der Waals surface area contributed by atoms with Crippen LogP contribution in [0.15, 0.2) is 53.4 Å². The summed E-state index contributed by atoms with van der Waals surface area (Å²) in [5, 5.41) is 8.63. The molecule has 160 valence electrons. The maximum absolute atomic E-state index is 12.3. The van der Waals surface area contributed by atoms with Gasteiger partial charge in [-0.1, -0.05) is 0 Å². The molecule has 0 spiro atoms. The number of ether oxygens (including phenoxy) is 2. The van der Waals surface area contributed by atoms with E-state index in [0.717, 1.165) is 12.8 Å². The minimum atomic E-state index is -3.27. The molecule has 9 heteroatoms. The second kappa shape index (κ2) is 9.27. The zero-order chi connectivity index (χ0) is 21.7. The first kappa shape index (κ1) is 21.8. The van der Waals surface area contributed by atoms with Crippen LogP contribution in [0.3, 0.4) is 0 Å². The van der Waals surface area contributed by atoms with E-state index in [-0.39, 0.29) is 35.2 Å². The van der Waals surface area contributed by atoms with E-state index in [1.807, 2.05) is 0 Å². The van der Waals surface area contributed by atoms with E-state index in [1.54, 1.807) is 24.3 Å². The summed E-state index contributed by atoms with van der Waals surface area (Å²) >= 11 is 0. The van der Waals surface area contributed by atoms with E-state index in [9.17, 15) is 18.0 Å².